The lowest BCUT2D eigenvalue weighted by Crippen LogP contribution is -2.41. The van der Waals surface area contributed by atoms with Gasteiger partial charge in [-0.05, 0) is 65.7 Å². The second-order valence-corrected chi connectivity index (χ2v) is 6.50. The van der Waals surface area contributed by atoms with Gasteiger partial charge in [0.25, 0.3) is 0 Å². The molecule has 0 N–H and O–H groups in total. The molecular formula is C16H25BO3. The van der Waals surface area contributed by atoms with Crippen LogP contribution in [0, 0.1) is 13.8 Å². The van der Waals surface area contributed by atoms with Gasteiger partial charge in [-0.2, -0.15) is 0 Å². The molecule has 1 fully saturated rings. The third-order valence-corrected chi connectivity index (χ3v) is 4.43. The predicted octanol–water partition coefficient (Wildman–Crippen LogP) is 3.00. The van der Waals surface area contributed by atoms with Crippen molar-refractivity contribution in [3.05, 3.63) is 23.3 Å². The van der Waals surface area contributed by atoms with Gasteiger partial charge < -0.3 is 14.0 Å². The third kappa shape index (κ3) is 2.59. The zero-order chi connectivity index (χ0) is 15.1. The first-order valence-electron chi connectivity index (χ1n) is 7.27. The molecule has 2 rings (SSSR count). The van der Waals surface area contributed by atoms with E-state index in [9.17, 15) is 0 Å². The molecule has 0 bridgehead atoms. The lowest BCUT2D eigenvalue weighted by Gasteiger charge is -2.32. The third-order valence-electron chi connectivity index (χ3n) is 4.43. The molecule has 0 aromatic heterocycles. The molecule has 0 radical (unpaired) electrons. The van der Waals surface area contributed by atoms with E-state index in [1.54, 1.807) is 0 Å². The van der Waals surface area contributed by atoms with Gasteiger partial charge in [-0.1, -0.05) is 6.07 Å². The summed E-state index contributed by atoms with van der Waals surface area (Å²) in [6.07, 6.45) is 0. The minimum absolute atomic E-state index is 0.333. The smallest absolute Gasteiger partial charge is 0.494 e. The van der Waals surface area contributed by atoms with E-state index in [4.69, 9.17) is 14.0 Å². The Kier molecular flexibility index (Phi) is 3.91. The molecule has 0 amide bonds. The second kappa shape index (κ2) is 5.08. The van der Waals surface area contributed by atoms with Crippen molar-refractivity contribution in [3.63, 3.8) is 0 Å². The fourth-order valence-corrected chi connectivity index (χ4v) is 2.25. The fraction of sp³-hybridized carbons (Fsp3) is 0.625. The van der Waals surface area contributed by atoms with Crippen molar-refractivity contribution < 1.29 is 14.0 Å². The average molecular weight is 276 g/mol. The first-order valence-corrected chi connectivity index (χ1v) is 7.27. The van der Waals surface area contributed by atoms with Crippen molar-refractivity contribution in [3.8, 4) is 5.75 Å². The van der Waals surface area contributed by atoms with Crippen molar-refractivity contribution in [1.82, 2.24) is 0 Å². The van der Waals surface area contributed by atoms with Crippen molar-refractivity contribution in [2.24, 2.45) is 0 Å². The van der Waals surface area contributed by atoms with Gasteiger partial charge in [0.1, 0.15) is 5.75 Å². The molecule has 110 valence electrons. The maximum absolute atomic E-state index is 6.13. The Morgan fingerprint density at radius 1 is 1.00 bits per heavy atom. The van der Waals surface area contributed by atoms with Crippen LogP contribution >= 0.6 is 0 Å². The molecular weight excluding hydrogens is 251 g/mol. The molecule has 4 heteroatoms. The zero-order valence-electron chi connectivity index (χ0n) is 13.7. The van der Waals surface area contributed by atoms with Crippen LogP contribution in [0.5, 0.6) is 5.75 Å². The van der Waals surface area contributed by atoms with E-state index in [0.29, 0.717) is 6.61 Å². The van der Waals surface area contributed by atoms with Gasteiger partial charge in [0, 0.05) is 5.46 Å². The van der Waals surface area contributed by atoms with Gasteiger partial charge in [0.2, 0.25) is 0 Å². The van der Waals surface area contributed by atoms with Crippen molar-refractivity contribution in [2.45, 2.75) is 59.7 Å². The maximum Gasteiger partial charge on any atom is 0.498 e. The lowest BCUT2D eigenvalue weighted by atomic mass is 9.77. The highest BCUT2D eigenvalue weighted by molar-refractivity contribution is 6.63. The van der Waals surface area contributed by atoms with E-state index in [2.05, 4.69) is 53.7 Å². The van der Waals surface area contributed by atoms with Gasteiger partial charge in [0.05, 0.1) is 17.8 Å². The summed E-state index contributed by atoms with van der Waals surface area (Å²) in [6.45, 7) is 15.1. The summed E-state index contributed by atoms with van der Waals surface area (Å²) in [4.78, 5) is 0. The Hall–Kier alpha value is -0.995. The monoisotopic (exact) mass is 276 g/mol. The molecule has 1 aliphatic heterocycles. The Morgan fingerprint density at radius 3 is 2.00 bits per heavy atom. The lowest BCUT2D eigenvalue weighted by molar-refractivity contribution is 0.00578. The SMILES string of the molecule is CCOc1cc(C)c(C)cc1B1OC(C)(C)C(C)(C)O1. The van der Waals surface area contributed by atoms with Crippen LogP contribution < -0.4 is 10.2 Å². The predicted molar refractivity (Wildman–Crippen MR) is 82.8 cm³/mol. The summed E-state index contributed by atoms with van der Waals surface area (Å²) in [7, 11) is -0.374. The van der Waals surface area contributed by atoms with Crippen LogP contribution in [0.15, 0.2) is 12.1 Å². The Bertz CT molecular complexity index is 493. The van der Waals surface area contributed by atoms with Crippen molar-refractivity contribution in [1.29, 1.82) is 0 Å². The molecule has 1 aromatic rings. The summed E-state index contributed by atoms with van der Waals surface area (Å²) in [5.41, 5.74) is 2.75. The summed E-state index contributed by atoms with van der Waals surface area (Å²) in [6, 6.07) is 4.18. The molecule has 0 unspecified atom stereocenters. The number of aryl methyl sites for hydroxylation is 2. The highest BCUT2D eigenvalue weighted by atomic mass is 16.7. The second-order valence-electron chi connectivity index (χ2n) is 6.50. The van der Waals surface area contributed by atoms with Crippen LogP contribution in [0.25, 0.3) is 0 Å². The number of benzene rings is 1. The fourth-order valence-electron chi connectivity index (χ4n) is 2.25. The van der Waals surface area contributed by atoms with E-state index >= 15 is 0 Å². The standard InChI is InChI=1S/C16H25BO3/c1-8-18-14-10-12(3)11(2)9-13(14)17-19-15(4,5)16(6,7)20-17/h9-10H,8H2,1-7H3. The van der Waals surface area contributed by atoms with Gasteiger partial charge in [0.15, 0.2) is 0 Å². The first kappa shape index (κ1) is 15.4. The Balaban J connectivity index is 2.41. The molecule has 0 aliphatic carbocycles. The van der Waals surface area contributed by atoms with Crippen LogP contribution in [0.3, 0.4) is 0 Å². The number of ether oxygens (including phenoxy) is 1. The van der Waals surface area contributed by atoms with Gasteiger partial charge in [-0.15, -0.1) is 0 Å². The van der Waals surface area contributed by atoms with E-state index < -0.39 is 0 Å². The molecule has 3 nitrogen and oxygen atoms in total. The molecule has 1 aromatic carbocycles. The molecule has 20 heavy (non-hydrogen) atoms. The highest BCUT2D eigenvalue weighted by Crippen LogP contribution is 2.37. The van der Waals surface area contributed by atoms with E-state index in [-0.39, 0.29) is 18.3 Å². The van der Waals surface area contributed by atoms with Crippen LogP contribution in [0.4, 0.5) is 0 Å². The zero-order valence-corrected chi connectivity index (χ0v) is 13.7. The van der Waals surface area contributed by atoms with Crippen LogP contribution in [0.1, 0.15) is 45.7 Å². The van der Waals surface area contributed by atoms with Crippen LogP contribution in [0.2, 0.25) is 0 Å². The molecule has 1 saturated heterocycles. The maximum atomic E-state index is 6.13. The average Bonchev–Trinajstić information content (AvgIpc) is 2.53. The first-order chi connectivity index (χ1) is 9.18. The van der Waals surface area contributed by atoms with Gasteiger partial charge in [-0.25, -0.2) is 0 Å². The van der Waals surface area contributed by atoms with Crippen LogP contribution in [-0.2, 0) is 9.31 Å². The van der Waals surface area contributed by atoms with E-state index in [0.717, 1.165) is 11.2 Å². The van der Waals surface area contributed by atoms with Crippen LogP contribution in [-0.4, -0.2) is 24.9 Å². The molecule has 0 saturated carbocycles. The van der Waals surface area contributed by atoms with Crippen molar-refractivity contribution >= 4 is 12.6 Å². The largest absolute Gasteiger partial charge is 0.498 e. The minimum Gasteiger partial charge on any atom is -0.494 e. The normalized spacial score (nSPS) is 20.2. The quantitative estimate of drug-likeness (QED) is 0.794. The topological polar surface area (TPSA) is 27.7 Å². The van der Waals surface area contributed by atoms with Gasteiger partial charge in [-0.3, -0.25) is 0 Å². The number of hydrogen-bond donors (Lipinski definition) is 0. The van der Waals surface area contributed by atoms with Gasteiger partial charge >= 0.3 is 7.12 Å². The van der Waals surface area contributed by atoms with E-state index in [1.165, 1.54) is 11.1 Å². The minimum atomic E-state index is -0.374. The summed E-state index contributed by atoms with van der Waals surface area (Å²) in [5.74, 6) is 0.856. The summed E-state index contributed by atoms with van der Waals surface area (Å²) < 4.78 is 18.0. The summed E-state index contributed by atoms with van der Waals surface area (Å²) >= 11 is 0. The highest BCUT2D eigenvalue weighted by Gasteiger charge is 2.52. The Morgan fingerprint density at radius 2 is 1.50 bits per heavy atom. The Labute approximate surface area is 122 Å². The van der Waals surface area contributed by atoms with E-state index in [1.807, 2.05) is 6.92 Å². The van der Waals surface area contributed by atoms with Crippen molar-refractivity contribution in [2.75, 3.05) is 6.61 Å². The molecule has 1 heterocycles. The number of hydrogen-bond acceptors (Lipinski definition) is 3. The number of rotatable bonds is 3. The molecule has 0 spiro atoms. The molecule has 1 aliphatic rings. The summed E-state index contributed by atoms with van der Waals surface area (Å²) in [5, 5.41) is 0. The molecule has 0 atom stereocenters.